The van der Waals surface area contributed by atoms with Gasteiger partial charge < -0.3 is 20.9 Å². The maximum atomic E-state index is 6.53. The van der Waals surface area contributed by atoms with Gasteiger partial charge in [0.1, 0.15) is 23.0 Å². The molecule has 0 saturated carbocycles. The van der Waals surface area contributed by atoms with Crippen molar-refractivity contribution < 1.29 is 9.47 Å². The van der Waals surface area contributed by atoms with E-state index < -0.39 is 5.41 Å². The van der Waals surface area contributed by atoms with E-state index in [-0.39, 0.29) is 0 Å². The smallest absolute Gasteiger partial charge is 0.130 e. The Morgan fingerprint density at radius 3 is 1.30 bits per heavy atom. The summed E-state index contributed by atoms with van der Waals surface area (Å²) in [6.45, 7) is 8.43. The normalized spacial score (nSPS) is 12.8. The average molecular weight is 617 g/mol. The molecule has 4 heteroatoms. The van der Waals surface area contributed by atoms with Gasteiger partial charge in [0.05, 0.1) is 5.41 Å². The van der Waals surface area contributed by atoms with E-state index in [0.717, 1.165) is 69.5 Å². The summed E-state index contributed by atoms with van der Waals surface area (Å²) in [4.78, 5) is 0. The van der Waals surface area contributed by atoms with Gasteiger partial charge in [-0.2, -0.15) is 0 Å². The highest BCUT2D eigenvalue weighted by Crippen LogP contribution is 2.57. The number of aryl methyl sites for hydroxylation is 4. The maximum Gasteiger partial charge on any atom is 0.130 e. The number of benzene rings is 6. The lowest BCUT2D eigenvalue weighted by molar-refractivity contribution is 0.472. The van der Waals surface area contributed by atoms with Gasteiger partial charge in [-0.25, -0.2) is 0 Å². The molecule has 1 aliphatic carbocycles. The molecule has 0 saturated heterocycles. The van der Waals surface area contributed by atoms with E-state index >= 15 is 0 Å². The molecular weight excluding hydrogens is 576 g/mol. The van der Waals surface area contributed by atoms with Crippen molar-refractivity contribution in [2.75, 3.05) is 11.5 Å². The second-order valence-corrected chi connectivity index (χ2v) is 12.4. The highest BCUT2D eigenvalue weighted by atomic mass is 16.5. The van der Waals surface area contributed by atoms with Crippen LogP contribution in [0.5, 0.6) is 23.0 Å². The Labute approximate surface area is 277 Å². The van der Waals surface area contributed by atoms with Crippen molar-refractivity contribution in [3.63, 3.8) is 0 Å². The molecule has 0 aliphatic heterocycles. The number of nitrogen functional groups attached to an aromatic ring is 2. The third-order valence-corrected chi connectivity index (χ3v) is 9.54. The van der Waals surface area contributed by atoms with Crippen LogP contribution in [0.4, 0.5) is 11.4 Å². The van der Waals surface area contributed by atoms with Crippen molar-refractivity contribution in [3.05, 3.63) is 166 Å². The van der Waals surface area contributed by atoms with E-state index in [2.05, 4.69) is 98.8 Å². The lowest BCUT2D eigenvalue weighted by Gasteiger charge is -2.35. The molecule has 0 heterocycles. The fraction of sp³-hybridized carbons (Fsp3) is 0.163. The Hall–Kier alpha value is -5.48. The molecule has 7 rings (SSSR count). The number of rotatable bonds is 8. The first kappa shape index (κ1) is 30.2. The fourth-order valence-corrected chi connectivity index (χ4v) is 7.21. The van der Waals surface area contributed by atoms with Gasteiger partial charge in [0.2, 0.25) is 0 Å². The van der Waals surface area contributed by atoms with Crippen molar-refractivity contribution in [2.24, 2.45) is 0 Å². The Kier molecular flexibility index (Phi) is 7.73. The third-order valence-electron chi connectivity index (χ3n) is 9.54. The molecule has 47 heavy (non-hydrogen) atoms. The number of ether oxygens (including phenoxy) is 2. The Morgan fingerprint density at radius 1 is 0.489 bits per heavy atom. The quantitative estimate of drug-likeness (QED) is 0.167. The van der Waals surface area contributed by atoms with Crippen LogP contribution in [0.1, 0.15) is 58.4 Å². The first-order valence-corrected chi connectivity index (χ1v) is 16.4. The number of fused-ring (bicyclic) bond motifs is 3. The van der Waals surface area contributed by atoms with Crippen LogP contribution in [0.3, 0.4) is 0 Å². The molecule has 0 fully saturated rings. The van der Waals surface area contributed by atoms with Gasteiger partial charge in [-0.1, -0.05) is 86.6 Å². The molecule has 0 aromatic heterocycles. The maximum absolute atomic E-state index is 6.53. The van der Waals surface area contributed by atoms with Crippen molar-refractivity contribution in [1.29, 1.82) is 0 Å². The molecule has 6 aromatic rings. The summed E-state index contributed by atoms with van der Waals surface area (Å²) in [7, 11) is 0. The van der Waals surface area contributed by atoms with Gasteiger partial charge in [-0.15, -0.1) is 0 Å². The zero-order chi connectivity index (χ0) is 32.7. The molecule has 234 valence electrons. The summed E-state index contributed by atoms with van der Waals surface area (Å²) in [6, 6.07) is 42.7. The molecule has 1 aliphatic rings. The molecule has 4 nitrogen and oxygen atoms in total. The Balaban J connectivity index is 1.42. The second-order valence-electron chi connectivity index (χ2n) is 12.4. The van der Waals surface area contributed by atoms with Crippen LogP contribution in [0.25, 0.3) is 11.1 Å². The van der Waals surface area contributed by atoms with Crippen LogP contribution in [-0.2, 0) is 18.3 Å². The molecule has 4 N–H and O–H groups in total. The van der Waals surface area contributed by atoms with Gasteiger partial charge in [-0.3, -0.25) is 0 Å². The van der Waals surface area contributed by atoms with Crippen LogP contribution in [0.15, 0.2) is 121 Å². The number of nitrogens with two attached hydrogens (primary N) is 2. The second kappa shape index (κ2) is 12.0. The average Bonchev–Trinajstić information content (AvgIpc) is 3.38. The molecule has 0 bridgehead atoms. The monoisotopic (exact) mass is 616 g/mol. The summed E-state index contributed by atoms with van der Waals surface area (Å²) in [6.07, 6.45) is 1.65. The summed E-state index contributed by atoms with van der Waals surface area (Å²) in [5.41, 5.74) is 24.8. The van der Waals surface area contributed by atoms with E-state index in [9.17, 15) is 0 Å². The molecule has 0 radical (unpaired) electrons. The highest BCUT2D eigenvalue weighted by Gasteiger charge is 2.46. The van der Waals surface area contributed by atoms with Gasteiger partial charge in [0.15, 0.2) is 0 Å². The lowest BCUT2D eigenvalue weighted by atomic mass is 9.67. The summed E-state index contributed by atoms with van der Waals surface area (Å²) >= 11 is 0. The predicted octanol–water partition coefficient (Wildman–Crippen LogP) is 10.5. The van der Waals surface area contributed by atoms with Crippen LogP contribution >= 0.6 is 0 Å². The topological polar surface area (TPSA) is 70.5 Å². The summed E-state index contributed by atoms with van der Waals surface area (Å²) in [5, 5.41) is 0. The number of anilines is 2. The van der Waals surface area contributed by atoms with E-state index in [1.54, 1.807) is 0 Å². The van der Waals surface area contributed by atoms with Crippen molar-refractivity contribution in [3.8, 4) is 34.1 Å². The Morgan fingerprint density at radius 2 is 0.894 bits per heavy atom. The van der Waals surface area contributed by atoms with E-state index in [0.29, 0.717) is 0 Å². The summed E-state index contributed by atoms with van der Waals surface area (Å²) < 4.78 is 13.1. The van der Waals surface area contributed by atoms with E-state index in [1.807, 2.05) is 50.2 Å². The van der Waals surface area contributed by atoms with Crippen LogP contribution in [0, 0.1) is 13.8 Å². The molecule has 0 amide bonds. The van der Waals surface area contributed by atoms with Crippen molar-refractivity contribution in [1.82, 2.24) is 0 Å². The predicted molar refractivity (Wildman–Crippen MR) is 194 cm³/mol. The molecular formula is C43H40N2O2. The molecule has 6 aromatic carbocycles. The first-order chi connectivity index (χ1) is 22.8. The molecule has 0 unspecified atom stereocenters. The summed E-state index contributed by atoms with van der Waals surface area (Å²) in [5.74, 6) is 3.34. The minimum Gasteiger partial charge on any atom is -0.457 e. The van der Waals surface area contributed by atoms with Gasteiger partial charge in [0, 0.05) is 11.4 Å². The zero-order valence-electron chi connectivity index (χ0n) is 27.4. The van der Waals surface area contributed by atoms with Crippen LogP contribution in [-0.4, -0.2) is 0 Å². The first-order valence-electron chi connectivity index (χ1n) is 16.4. The van der Waals surface area contributed by atoms with E-state index in [1.165, 1.54) is 33.4 Å². The number of hydrogen-bond donors (Lipinski definition) is 2. The largest absolute Gasteiger partial charge is 0.457 e. The lowest BCUT2D eigenvalue weighted by Crippen LogP contribution is -2.29. The van der Waals surface area contributed by atoms with Crippen LogP contribution < -0.4 is 20.9 Å². The standard InChI is InChI=1S/C43H40N2O2/c1-5-29-25-31(15-19-41(29)46-39-21-17-33(44)23-27(39)3)43(37-13-9-7-11-35(37)36-12-8-10-14-38(36)43)32-16-20-42(30(6-2)26-32)47-40-22-18-34(45)24-28(40)4/h7-26H,5-6,44-45H2,1-4H3. The minimum absolute atomic E-state index is 0.535. The highest BCUT2D eigenvalue weighted by molar-refractivity contribution is 5.86. The SMILES string of the molecule is CCc1cc(C2(c3ccc(Oc4ccc(N)cc4C)c(CC)c3)c3ccccc3-c3ccccc32)ccc1Oc1ccc(N)cc1C. The van der Waals surface area contributed by atoms with Gasteiger partial charge in [0.25, 0.3) is 0 Å². The molecule has 0 spiro atoms. The third kappa shape index (κ3) is 5.11. The van der Waals surface area contributed by atoms with Gasteiger partial charge >= 0.3 is 0 Å². The zero-order valence-corrected chi connectivity index (χ0v) is 27.4. The Bertz CT molecular complexity index is 1980. The molecule has 0 atom stereocenters. The minimum atomic E-state index is -0.535. The van der Waals surface area contributed by atoms with Gasteiger partial charge in [-0.05, 0) is 131 Å². The van der Waals surface area contributed by atoms with E-state index in [4.69, 9.17) is 20.9 Å². The van der Waals surface area contributed by atoms with Crippen molar-refractivity contribution in [2.45, 2.75) is 46.0 Å². The fourth-order valence-electron chi connectivity index (χ4n) is 7.21. The van der Waals surface area contributed by atoms with Crippen LogP contribution in [0.2, 0.25) is 0 Å². The van der Waals surface area contributed by atoms with Crippen molar-refractivity contribution >= 4 is 11.4 Å². The number of hydrogen-bond acceptors (Lipinski definition) is 4.